The second-order valence-corrected chi connectivity index (χ2v) is 9.79. The van der Waals surface area contributed by atoms with Crippen molar-refractivity contribution >= 4 is 11.8 Å². The molecule has 0 radical (unpaired) electrons. The Morgan fingerprint density at radius 2 is 1.34 bits per heavy atom. The molecule has 2 N–H and O–H groups in total. The van der Waals surface area contributed by atoms with Gasteiger partial charge in [-0.05, 0) is 46.0 Å². The standard InChI is InChI=1S/C24H44N2O3/c1-24(2,17-18-25-23(28)20-13-9-5-3-6-10-14-20)26-22(27)19-29-21-15-11-7-4-8-12-16-21/h20-21H,3-19H2,1-2H3,(H,25,28)(H,26,27). The summed E-state index contributed by atoms with van der Waals surface area (Å²) in [5.74, 6) is 0.315. The quantitative estimate of drug-likeness (QED) is 0.601. The summed E-state index contributed by atoms with van der Waals surface area (Å²) in [4.78, 5) is 24.8. The second kappa shape index (κ2) is 13.3. The van der Waals surface area contributed by atoms with E-state index in [2.05, 4.69) is 10.6 Å². The SMILES string of the molecule is CC(C)(CCNC(=O)C1CCCCCCC1)NC(=O)COC1CCCCCCC1. The zero-order chi connectivity index (χ0) is 21.0. The molecule has 0 heterocycles. The van der Waals surface area contributed by atoms with E-state index in [4.69, 9.17) is 4.74 Å². The highest BCUT2D eigenvalue weighted by molar-refractivity contribution is 5.79. The van der Waals surface area contributed by atoms with Gasteiger partial charge in [-0.2, -0.15) is 0 Å². The van der Waals surface area contributed by atoms with Crippen LogP contribution in [0.1, 0.15) is 110 Å². The van der Waals surface area contributed by atoms with Crippen molar-refractivity contribution in [2.45, 2.75) is 122 Å². The molecule has 2 rings (SSSR count). The molecule has 2 aliphatic rings. The van der Waals surface area contributed by atoms with Crippen LogP contribution in [0.25, 0.3) is 0 Å². The fourth-order valence-corrected chi connectivity index (χ4v) is 4.62. The van der Waals surface area contributed by atoms with Crippen LogP contribution in [-0.4, -0.2) is 36.6 Å². The lowest BCUT2D eigenvalue weighted by molar-refractivity contribution is -0.129. The van der Waals surface area contributed by atoms with Crippen LogP contribution >= 0.6 is 0 Å². The Labute approximate surface area is 178 Å². The minimum atomic E-state index is -0.352. The molecule has 0 spiro atoms. The molecule has 0 atom stereocenters. The predicted molar refractivity (Wildman–Crippen MR) is 118 cm³/mol. The lowest BCUT2D eigenvalue weighted by Gasteiger charge is -2.28. The van der Waals surface area contributed by atoms with Gasteiger partial charge in [-0.3, -0.25) is 9.59 Å². The molecule has 2 saturated carbocycles. The van der Waals surface area contributed by atoms with Gasteiger partial charge in [-0.1, -0.05) is 64.2 Å². The topological polar surface area (TPSA) is 67.4 Å². The normalized spacial score (nSPS) is 20.8. The highest BCUT2D eigenvalue weighted by atomic mass is 16.5. The first-order chi connectivity index (χ1) is 14.0. The molecule has 5 heteroatoms. The summed E-state index contributed by atoms with van der Waals surface area (Å²) in [5, 5.41) is 6.19. The van der Waals surface area contributed by atoms with Crippen LogP contribution in [0, 0.1) is 5.92 Å². The van der Waals surface area contributed by atoms with E-state index in [1.165, 1.54) is 64.2 Å². The number of amides is 2. The fraction of sp³-hybridized carbons (Fsp3) is 0.917. The van der Waals surface area contributed by atoms with E-state index in [0.29, 0.717) is 6.54 Å². The molecule has 0 unspecified atom stereocenters. The molecule has 168 valence electrons. The van der Waals surface area contributed by atoms with E-state index in [-0.39, 0.29) is 36.0 Å². The van der Waals surface area contributed by atoms with Crippen LogP contribution in [0.2, 0.25) is 0 Å². The van der Waals surface area contributed by atoms with Gasteiger partial charge in [-0.25, -0.2) is 0 Å². The minimum absolute atomic E-state index is 0.0524. The summed E-state index contributed by atoms with van der Waals surface area (Å²) < 4.78 is 5.89. The first-order valence-electron chi connectivity index (χ1n) is 12.2. The molecule has 5 nitrogen and oxygen atoms in total. The van der Waals surface area contributed by atoms with E-state index in [1.54, 1.807) is 0 Å². The second-order valence-electron chi connectivity index (χ2n) is 9.79. The van der Waals surface area contributed by atoms with Gasteiger partial charge in [0.15, 0.2) is 0 Å². The van der Waals surface area contributed by atoms with Crippen LogP contribution < -0.4 is 10.6 Å². The number of nitrogens with one attached hydrogen (secondary N) is 2. The lowest BCUT2D eigenvalue weighted by Crippen LogP contribution is -2.47. The Kier molecular flexibility index (Phi) is 11.0. The van der Waals surface area contributed by atoms with Gasteiger partial charge in [0.25, 0.3) is 0 Å². The van der Waals surface area contributed by atoms with Crippen molar-refractivity contribution < 1.29 is 14.3 Å². The average Bonchev–Trinajstić information content (AvgIpc) is 2.59. The van der Waals surface area contributed by atoms with Crippen LogP contribution in [-0.2, 0) is 14.3 Å². The molecule has 29 heavy (non-hydrogen) atoms. The van der Waals surface area contributed by atoms with Crippen molar-refractivity contribution in [3.05, 3.63) is 0 Å². The van der Waals surface area contributed by atoms with Gasteiger partial charge in [0.05, 0.1) is 6.10 Å². The largest absolute Gasteiger partial charge is 0.368 e. The number of hydrogen-bond acceptors (Lipinski definition) is 3. The third kappa shape index (κ3) is 10.5. The third-order valence-electron chi connectivity index (χ3n) is 6.51. The molecular weight excluding hydrogens is 364 g/mol. The van der Waals surface area contributed by atoms with Crippen LogP contribution in [0.3, 0.4) is 0 Å². The zero-order valence-corrected chi connectivity index (χ0v) is 18.9. The van der Waals surface area contributed by atoms with Crippen molar-refractivity contribution in [3.8, 4) is 0 Å². The summed E-state index contributed by atoms with van der Waals surface area (Å²) in [5.41, 5.74) is -0.352. The van der Waals surface area contributed by atoms with Gasteiger partial charge in [-0.15, -0.1) is 0 Å². The molecule has 2 amide bonds. The van der Waals surface area contributed by atoms with E-state index in [1.807, 2.05) is 13.8 Å². The summed E-state index contributed by atoms with van der Waals surface area (Å²) in [7, 11) is 0. The molecule has 0 bridgehead atoms. The first kappa shape index (κ1) is 24.2. The smallest absolute Gasteiger partial charge is 0.246 e. The molecule has 0 aliphatic heterocycles. The minimum Gasteiger partial charge on any atom is -0.368 e. The average molecular weight is 409 g/mol. The monoisotopic (exact) mass is 408 g/mol. The maximum atomic E-state index is 12.5. The molecular formula is C24H44N2O3. The highest BCUT2D eigenvalue weighted by Crippen LogP contribution is 2.22. The highest BCUT2D eigenvalue weighted by Gasteiger charge is 2.23. The summed E-state index contributed by atoms with van der Waals surface area (Å²) in [6.45, 7) is 4.78. The van der Waals surface area contributed by atoms with E-state index in [0.717, 1.165) is 32.1 Å². The lowest BCUT2D eigenvalue weighted by atomic mass is 9.90. The van der Waals surface area contributed by atoms with Gasteiger partial charge in [0.1, 0.15) is 6.61 Å². The Bertz CT molecular complexity index is 477. The van der Waals surface area contributed by atoms with Gasteiger partial charge >= 0.3 is 0 Å². The Morgan fingerprint density at radius 3 is 1.93 bits per heavy atom. The summed E-state index contributed by atoms with van der Waals surface area (Å²) in [6.07, 6.45) is 17.6. The fourth-order valence-electron chi connectivity index (χ4n) is 4.62. The van der Waals surface area contributed by atoms with E-state index >= 15 is 0 Å². The maximum absolute atomic E-state index is 12.5. The predicted octanol–water partition coefficient (Wildman–Crippen LogP) is 4.88. The van der Waals surface area contributed by atoms with Gasteiger partial charge < -0.3 is 15.4 Å². The molecule has 0 aromatic carbocycles. The van der Waals surface area contributed by atoms with E-state index < -0.39 is 0 Å². The van der Waals surface area contributed by atoms with Crippen molar-refractivity contribution in [2.75, 3.05) is 13.2 Å². The molecule has 2 aliphatic carbocycles. The maximum Gasteiger partial charge on any atom is 0.246 e. The molecule has 0 aromatic rings. The van der Waals surface area contributed by atoms with Gasteiger partial charge in [0.2, 0.25) is 11.8 Å². The van der Waals surface area contributed by atoms with Crippen LogP contribution in [0.15, 0.2) is 0 Å². The zero-order valence-electron chi connectivity index (χ0n) is 18.9. The third-order valence-corrected chi connectivity index (χ3v) is 6.51. The van der Waals surface area contributed by atoms with Crippen molar-refractivity contribution in [3.63, 3.8) is 0 Å². The Hall–Kier alpha value is -1.10. The molecule has 0 aromatic heterocycles. The van der Waals surface area contributed by atoms with Gasteiger partial charge in [0, 0.05) is 18.0 Å². The first-order valence-corrected chi connectivity index (χ1v) is 12.2. The van der Waals surface area contributed by atoms with Crippen LogP contribution in [0.4, 0.5) is 0 Å². The van der Waals surface area contributed by atoms with E-state index in [9.17, 15) is 9.59 Å². The summed E-state index contributed by atoms with van der Waals surface area (Å²) in [6, 6.07) is 0. The van der Waals surface area contributed by atoms with Crippen molar-refractivity contribution in [2.24, 2.45) is 5.92 Å². The number of hydrogen-bond donors (Lipinski definition) is 2. The van der Waals surface area contributed by atoms with Crippen LogP contribution in [0.5, 0.6) is 0 Å². The number of rotatable bonds is 8. The number of carbonyl (C=O) groups is 2. The molecule has 2 fully saturated rings. The number of ether oxygens (including phenoxy) is 1. The Morgan fingerprint density at radius 1 is 0.828 bits per heavy atom. The van der Waals surface area contributed by atoms with Crippen molar-refractivity contribution in [1.82, 2.24) is 10.6 Å². The van der Waals surface area contributed by atoms with Crippen molar-refractivity contribution in [1.29, 1.82) is 0 Å². The number of carbonyl (C=O) groups excluding carboxylic acids is 2. The Balaban J connectivity index is 1.63. The summed E-state index contributed by atoms with van der Waals surface area (Å²) >= 11 is 0. The molecule has 0 saturated heterocycles.